The van der Waals surface area contributed by atoms with Crippen LogP contribution < -0.4 is 10.2 Å². The topological polar surface area (TPSA) is 86.7 Å². The predicted molar refractivity (Wildman–Crippen MR) is 86.3 cm³/mol. The molecule has 24 heavy (non-hydrogen) atoms. The Bertz CT molecular complexity index is 693. The monoisotopic (exact) mass is 356 g/mol. The highest BCUT2D eigenvalue weighted by Gasteiger charge is 2.36. The van der Waals surface area contributed by atoms with Crippen LogP contribution in [0.3, 0.4) is 0 Å². The van der Waals surface area contributed by atoms with E-state index in [0.29, 0.717) is 5.69 Å². The van der Waals surface area contributed by atoms with Crippen LogP contribution in [0.5, 0.6) is 0 Å². The summed E-state index contributed by atoms with van der Waals surface area (Å²) in [7, 11) is 0. The second-order valence-corrected chi connectivity index (χ2v) is 6.82. The number of hydrogen-bond acceptors (Lipinski definition) is 3. The Kier molecular flexibility index (Phi) is 5.13. The van der Waals surface area contributed by atoms with Gasteiger partial charge >= 0.3 is 5.97 Å². The van der Waals surface area contributed by atoms with Gasteiger partial charge in [0, 0.05) is 25.2 Å². The van der Waals surface area contributed by atoms with E-state index < -0.39 is 29.0 Å². The number of aliphatic carboxylic acids is 1. The first kappa shape index (κ1) is 18.2. The minimum Gasteiger partial charge on any atom is -0.481 e. The van der Waals surface area contributed by atoms with Crippen LogP contribution in [-0.4, -0.2) is 36.0 Å². The lowest BCUT2D eigenvalue weighted by molar-refractivity contribution is -0.147. The summed E-state index contributed by atoms with van der Waals surface area (Å²) in [6.45, 7) is 3.07. The number of carboxylic acids is 1. The van der Waals surface area contributed by atoms with Gasteiger partial charge < -0.3 is 15.3 Å². The van der Waals surface area contributed by atoms with Gasteiger partial charge in [0.15, 0.2) is 0 Å². The molecule has 0 saturated carbocycles. The molecular weight excluding hydrogens is 339 g/mol. The molecule has 0 radical (unpaired) electrons. The Morgan fingerprint density at radius 1 is 1.46 bits per heavy atom. The second-order valence-electron chi connectivity index (χ2n) is 6.41. The maximum Gasteiger partial charge on any atom is 0.310 e. The fourth-order valence-corrected chi connectivity index (χ4v) is 2.43. The number of benzene rings is 1. The number of hydrogen-bond donors (Lipinski definition) is 2. The number of carbonyl (C=O) groups excluding carboxylic acids is 2. The molecule has 0 aromatic heterocycles. The molecule has 2 rings (SSSR count). The van der Waals surface area contributed by atoms with Crippen molar-refractivity contribution in [2.24, 2.45) is 11.3 Å². The van der Waals surface area contributed by atoms with Crippen molar-refractivity contribution in [2.75, 3.05) is 18.0 Å². The van der Waals surface area contributed by atoms with Crippen LogP contribution in [0.25, 0.3) is 0 Å². The lowest BCUT2D eigenvalue weighted by Crippen LogP contribution is -2.41. The minimum absolute atomic E-state index is 0.0103. The fourth-order valence-electron chi connectivity index (χ4n) is 2.31. The average molecular weight is 357 g/mol. The van der Waals surface area contributed by atoms with Crippen LogP contribution in [0.2, 0.25) is 5.02 Å². The van der Waals surface area contributed by atoms with Crippen molar-refractivity contribution in [3.8, 4) is 0 Å². The molecule has 1 aromatic rings. The molecule has 8 heteroatoms. The number of anilines is 1. The molecule has 2 amide bonds. The zero-order valence-electron chi connectivity index (χ0n) is 13.3. The molecule has 1 saturated heterocycles. The lowest BCUT2D eigenvalue weighted by atomic mass is 9.93. The highest BCUT2D eigenvalue weighted by atomic mass is 35.5. The van der Waals surface area contributed by atoms with Gasteiger partial charge in [0.2, 0.25) is 11.8 Å². The SMILES string of the molecule is CC(C)(CNC(=O)C1CC(=O)N(c2ccc(Cl)c(F)c2)C1)C(=O)O. The fraction of sp³-hybridized carbons (Fsp3) is 0.438. The second kappa shape index (κ2) is 6.76. The summed E-state index contributed by atoms with van der Waals surface area (Å²) >= 11 is 5.62. The summed E-state index contributed by atoms with van der Waals surface area (Å²) in [6, 6.07) is 4.01. The van der Waals surface area contributed by atoms with Crippen molar-refractivity contribution in [1.29, 1.82) is 0 Å². The van der Waals surface area contributed by atoms with E-state index in [9.17, 15) is 18.8 Å². The van der Waals surface area contributed by atoms with Gasteiger partial charge in [-0.3, -0.25) is 14.4 Å². The van der Waals surface area contributed by atoms with Crippen molar-refractivity contribution in [3.63, 3.8) is 0 Å². The van der Waals surface area contributed by atoms with Gasteiger partial charge in [0.1, 0.15) is 5.82 Å². The number of carboxylic acid groups (broad SMARTS) is 1. The zero-order chi connectivity index (χ0) is 18.1. The van der Waals surface area contributed by atoms with Gasteiger partial charge in [-0.2, -0.15) is 0 Å². The molecule has 130 valence electrons. The van der Waals surface area contributed by atoms with Crippen molar-refractivity contribution in [1.82, 2.24) is 5.32 Å². The smallest absolute Gasteiger partial charge is 0.310 e. The van der Waals surface area contributed by atoms with E-state index in [0.717, 1.165) is 6.07 Å². The highest BCUT2D eigenvalue weighted by molar-refractivity contribution is 6.30. The molecule has 0 aliphatic carbocycles. The van der Waals surface area contributed by atoms with Gasteiger partial charge in [-0.1, -0.05) is 11.6 Å². The Morgan fingerprint density at radius 2 is 2.12 bits per heavy atom. The molecule has 1 fully saturated rings. The number of nitrogens with one attached hydrogen (secondary N) is 1. The van der Waals surface area contributed by atoms with Crippen LogP contribution >= 0.6 is 11.6 Å². The van der Waals surface area contributed by atoms with Gasteiger partial charge in [0.25, 0.3) is 0 Å². The van der Waals surface area contributed by atoms with Crippen molar-refractivity contribution in [3.05, 3.63) is 29.0 Å². The molecule has 1 heterocycles. The normalized spacial score (nSPS) is 17.9. The maximum absolute atomic E-state index is 13.5. The number of halogens is 2. The van der Waals surface area contributed by atoms with Crippen molar-refractivity contribution in [2.45, 2.75) is 20.3 Å². The Hall–Kier alpha value is -2.15. The van der Waals surface area contributed by atoms with Crippen LogP contribution in [0.4, 0.5) is 10.1 Å². The van der Waals surface area contributed by atoms with Crippen LogP contribution in [0, 0.1) is 17.2 Å². The van der Waals surface area contributed by atoms with Crippen molar-refractivity contribution < 1.29 is 23.9 Å². The summed E-state index contributed by atoms with van der Waals surface area (Å²) in [5.41, 5.74) is -0.764. The third-order valence-electron chi connectivity index (χ3n) is 3.99. The molecule has 1 aliphatic heterocycles. The van der Waals surface area contributed by atoms with Gasteiger partial charge in [-0.25, -0.2) is 4.39 Å². The first-order valence-corrected chi connectivity index (χ1v) is 7.76. The van der Waals surface area contributed by atoms with Gasteiger partial charge in [-0.05, 0) is 32.0 Å². The molecule has 1 aliphatic rings. The van der Waals surface area contributed by atoms with Crippen LogP contribution in [0.1, 0.15) is 20.3 Å². The summed E-state index contributed by atoms with van der Waals surface area (Å²) in [5.74, 6) is -2.97. The lowest BCUT2D eigenvalue weighted by Gasteiger charge is -2.21. The van der Waals surface area contributed by atoms with E-state index in [4.69, 9.17) is 16.7 Å². The molecule has 1 unspecified atom stereocenters. The summed E-state index contributed by atoms with van der Waals surface area (Å²) in [4.78, 5) is 36.6. The maximum atomic E-state index is 13.5. The Labute approximate surface area is 143 Å². The van der Waals surface area contributed by atoms with E-state index in [1.54, 1.807) is 0 Å². The highest BCUT2D eigenvalue weighted by Crippen LogP contribution is 2.28. The average Bonchev–Trinajstić information content (AvgIpc) is 2.89. The van der Waals surface area contributed by atoms with E-state index in [1.807, 2.05) is 0 Å². The number of nitrogens with zero attached hydrogens (tertiary/aromatic N) is 1. The predicted octanol–water partition coefficient (Wildman–Crippen LogP) is 2.06. The number of amides is 2. The molecule has 6 nitrogen and oxygen atoms in total. The standard InChI is InChI=1S/C16H18ClFN2O4/c1-16(2,15(23)24)8-19-14(22)9-5-13(21)20(7-9)10-3-4-11(17)12(18)6-10/h3-4,6,9H,5,7-8H2,1-2H3,(H,19,22)(H,23,24). The van der Waals surface area contributed by atoms with Gasteiger partial charge in [0.05, 0.1) is 16.4 Å². The Balaban J connectivity index is 2.02. The number of rotatable bonds is 5. The van der Waals surface area contributed by atoms with E-state index in [2.05, 4.69) is 5.32 Å². The van der Waals surface area contributed by atoms with E-state index >= 15 is 0 Å². The molecular formula is C16H18ClFN2O4. The van der Waals surface area contributed by atoms with E-state index in [-0.39, 0.29) is 30.4 Å². The zero-order valence-corrected chi connectivity index (χ0v) is 14.1. The number of carbonyl (C=O) groups is 3. The van der Waals surface area contributed by atoms with Crippen LogP contribution in [0.15, 0.2) is 18.2 Å². The van der Waals surface area contributed by atoms with E-state index in [1.165, 1.54) is 30.9 Å². The van der Waals surface area contributed by atoms with Crippen LogP contribution in [-0.2, 0) is 14.4 Å². The first-order valence-electron chi connectivity index (χ1n) is 7.38. The largest absolute Gasteiger partial charge is 0.481 e. The molecule has 1 aromatic carbocycles. The van der Waals surface area contributed by atoms with Gasteiger partial charge in [-0.15, -0.1) is 0 Å². The minimum atomic E-state index is -1.10. The molecule has 1 atom stereocenters. The third-order valence-corrected chi connectivity index (χ3v) is 4.30. The quantitative estimate of drug-likeness (QED) is 0.845. The third kappa shape index (κ3) is 3.84. The first-order chi connectivity index (χ1) is 11.1. The van der Waals surface area contributed by atoms with Crippen molar-refractivity contribution >= 4 is 35.1 Å². The summed E-state index contributed by atoms with van der Waals surface area (Å²) in [5, 5.41) is 11.6. The molecule has 0 bridgehead atoms. The Morgan fingerprint density at radius 3 is 2.71 bits per heavy atom. The summed E-state index contributed by atoms with van der Waals surface area (Å²) < 4.78 is 13.5. The molecule has 2 N–H and O–H groups in total. The summed E-state index contributed by atoms with van der Waals surface area (Å²) in [6.07, 6.45) is -0.0103. The molecule has 0 spiro atoms.